The van der Waals surface area contributed by atoms with Crippen LogP contribution < -0.4 is 16.0 Å². The summed E-state index contributed by atoms with van der Waals surface area (Å²) >= 11 is 0. The first kappa shape index (κ1) is 28.0. The van der Waals surface area contributed by atoms with Gasteiger partial charge in [0, 0.05) is 35.9 Å². The molecule has 0 spiro atoms. The average molecular weight is 559 g/mol. The van der Waals surface area contributed by atoms with E-state index in [0.717, 1.165) is 5.56 Å². The Morgan fingerprint density at radius 2 is 1.57 bits per heavy atom. The van der Waals surface area contributed by atoms with Crippen LogP contribution in [0.15, 0.2) is 108 Å². The first-order chi connectivity index (χ1) is 19.2. The summed E-state index contributed by atoms with van der Waals surface area (Å²) in [6.07, 6.45) is 2.14. The molecule has 0 radical (unpaired) electrons. The van der Waals surface area contributed by atoms with Crippen molar-refractivity contribution in [2.75, 3.05) is 10.6 Å². The number of nitrogens with zero attached hydrogens (tertiary/aromatic N) is 1. The smallest absolute Gasteiger partial charge is 0.319 e. The van der Waals surface area contributed by atoms with Crippen LogP contribution in [0.4, 0.5) is 16.2 Å². The van der Waals surface area contributed by atoms with Crippen LogP contribution in [0.5, 0.6) is 0 Å². The second-order valence-corrected chi connectivity index (χ2v) is 10.9. The van der Waals surface area contributed by atoms with Gasteiger partial charge in [-0.3, -0.25) is 14.6 Å². The van der Waals surface area contributed by atoms with E-state index in [9.17, 15) is 27.9 Å². The predicted octanol–water partition coefficient (Wildman–Crippen LogP) is 4.65. The number of hydrogen-bond donors (Lipinski definition) is 4. The molecule has 4 N–H and O–H groups in total. The lowest BCUT2D eigenvalue weighted by Gasteiger charge is -2.17. The van der Waals surface area contributed by atoms with Gasteiger partial charge in [-0.2, -0.15) is 0 Å². The van der Waals surface area contributed by atoms with Crippen LogP contribution in [0.2, 0.25) is 0 Å². The number of anilines is 2. The molecular weight excluding hydrogens is 532 g/mol. The summed E-state index contributed by atoms with van der Waals surface area (Å²) in [5.74, 6) is -1.77. The third-order valence-corrected chi connectivity index (χ3v) is 8.01. The highest BCUT2D eigenvalue weighted by atomic mass is 32.2. The number of benzene rings is 3. The van der Waals surface area contributed by atoms with Gasteiger partial charge >= 0.3 is 12.0 Å². The van der Waals surface area contributed by atoms with Crippen LogP contribution in [0, 0.1) is 0 Å². The Balaban J connectivity index is 1.42. The van der Waals surface area contributed by atoms with Gasteiger partial charge in [0.05, 0.1) is 11.3 Å². The number of pyridine rings is 1. The SMILES string of the molecule is O=C(O)CC(c1cccnc1)S(=O)(=O)c1cccc(NC(=O)c2ccc(NC(=O)NCc3ccccc3)cc2)c1. The normalized spacial score (nSPS) is 11.7. The third-order valence-electron chi connectivity index (χ3n) is 5.91. The molecule has 1 heterocycles. The van der Waals surface area contributed by atoms with E-state index in [0.29, 0.717) is 12.2 Å². The van der Waals surface area contributed by atoms with Gasteiger partial charge in [0.1, 0.15) is 5.25 Å². The van der Waals surface area contributed by atoms with Crippen molar-refractivity contribution < 1.29 is 27.9 Å². The summed E-state index contributed by atoms with van der Waals surface area (Å²) in [6, 6.07) is 23.9. The number of urea groups is 1. The minimum absolute atomic E-state index is 0.138. The molecule has 1 unspecified atom stereocenters. The van der Waals surface area contributed by atoms with Gasteiger partial charge in [-0.25, -0.2) is 13.2 Å². The summed E-state index contributed by atoms with van der Waals surface area (Å²) in [4.78, 5) is 40.2. The molecule has 40 heavy (non-hydrogen) atoms. The zero-order chi connectivity index (χ0) is 28.5. The highest BCUT2D eigenvalue weighted by Gasteiger charge is 2.31. The van der Waals surface area contributed by atoms with E-state index in [2.05, 4.69) is 20.9 Å². The minimum Gasteiger partial charge on any atom is -0.481 e. The molecule has 1 aromatic heterocycles. The number of nitrogens with one attached hydrogen (secondary N) is 3. The molecule has 10 nitrogen and oxygen atoms in total. The second-order valence-electron chi connectivity index (χ2n) is 8.77. The maximum absolute atomic E-state index is 13.4. The lowest BCUT2D eigenvalue weighted by molar-refractivity contribution is -0.137. The maximum atomic E-state index is 13.4. The summed E-state index contributed by atoms with van der Waals surface area (Å²) < 4.78 is 26.8. The number of hydrogen-bond acceptors (Lipinski definition) is 6. The molecule has 204 valence electrons. The van der Waals surface area contributed by atoms with E-state index < -0.39 is 39.4 Å². The monoisotopic (exact) mass is 558 g/mol. The first-order valence-electron chi connectivity index (χ1n) is 12.2. The Bertz CT molecular complexity index is 1590. The zero-order valence-corrected chi connectivity index (χ0v) is 22.0. The number of aliphatic carboxylic acids is 1. The molecule has 0 fully saturated rings. The molecule has 0 aliphatic heterocycles. The molecular formula is C29H26N4O6S. The number of carbonyl (C=O) groups is 3. The highest BCUT2D eigenvalue weighted by Crippen LogP contribution is 2.32. The van der Waals surface area contributed by atoms with Gasteiger partial charge in [0.25, 0.3) is 5.91 Å². The molecule has 0 aliphatic rings. The molecule has 4 aromatic rings. The predicted molar refractivity (Wildman–Crippen MR) is 150 cm³/mol. The summed E-state index contributed by atoms with van der Waals surface area (Å²) in [5.41, 5.74) is 2.18. The number of amides is 3. The third kappa shape index (κ3) is 7.29. The van der Waals surface area contributed by atoms with Crippen LogP contribution in [0.3, 0.4) is 0 Å². The van der Waals surface area contributed by atoms with E-state index in [1.165, 1.54) is 60.9 Å². The molecule has 0 saturated heterocycles. The lowest BCUT2D eigenvalue weighted by Crippen LogP contribution is -2.28. The van der Waals surface area contributed by atoms with E-state index >= 15 is 0 Å². The Hall–Kier alpha value is -5.03. The first-order valence-corrected chi connectivity index (χ1v) is 13.7. The quantitative estimate of drug-likeness (QED) is 0.221. The second kappa shape index (κ2) is 12.7. The largest absolute Gasteiger partial charge is 0.481 e. The fourth-order valence-corrected chi connectivity index (χ4v) is 5.66. The van der Waals surface area contributed by atoms with E-state index in [1.54, 1.807) is 12.1 Å². The summed E-state index contributed by atoms with van der Waals surface area (Å²) in [5, 5.41) is 16.1. The van der Waals surface area contributed by atoms with Crippen LogP contribution in [0.25, 0.3) is 0 Å². The van der Waals surface area contributed by atoms with Gasteiger partial charge in [0.2, 0.25) is 0 Å². The standard InChI is InChI=1S/C29H26N4O6S/c34-27(35)17-26(22-8-5-15-30-19-22)40(38,39)25-10-4-9-24(16-25)32-28(36)21-11-13-23(14-12-21)33-29(37)31-18-20-6-2-1-3-7-20/h1-16,19,26H,17-18H2,(H,32,36)(H,34,35)(H2,31,33,37). The van der Waals surface area contributed by atoms with Gasteiger partial charge < -0.3 is 21.1 Å². The fraction of sp³-hybridized carbons (Fsp3) is 0.103. The highest BCUT2D eigenvalue weighted by molar-refractivity contribution is 7.91. The lowest BCUT2D eigenvalue weighted by atomic mass is 10.1. The Morgan fingerprint density at radius 3 is 2.25 bits per heavy atom. The van der Waals surface area contributed by atoms with E-state index in [1.807, 2.05) is 30.3 Å². The number of aromatic nitrogens is 1. The van der Waals surface area contributed by atoms with Crippen LogP contribution in [0.1, 0.15) is 33.2 Å². The number of carbonyl (C=O) groups excluding carboxylic acids is 2. The number of sulfone groups is 1. The number of rotatable bonds is 10. The van der Waals surface area contributed by atoms with Crippen molar-refractivity contribution in [2.45, 2.75) is 23.1 Å². The van der Waals surface area contributed by atoms with Gasteiger partial charge in [-0.15, -0.1) is 0 Å². The van der Waals surface area contributed by atoms with Crippen LogP contribution in [-0.2, 0) is 21.2 Å². The molecule has 3 amide bonds. The fourth-order valence-electron chi connectivity index (χ4n) is 3.91. The van der Waals surface area contributed by atoms with Crippen LogP contribution >= 0.6 is 0 Å². The molecule has 1 atom stereocenters. The van der Waals surface area contributed by atoms with Crippen LogP contribution in [-0.4, -0.2) is 36.4 Å². The van der Waals surface area contributed by atoms with Crippen molar-refractivity contribution in [1.82, 2.24) is 10.3 Å². The number of carboxylic acid groups (broad SMARTS) is 1. The van der Waals surface area contributed by atoms with Crippen molar-refractivity contribution in [3.63, 3.8) is 0 Å². The van der Waals surface area contributed by atoms with E-state index in [-0.39, 0.29) is 21.7 Å². The van der Waals surface area contributed by atoms with Crippen molar-refractivity contribution in [3.8, 4) is 0 Å². The van der Waals surface area contributed by atoms with Crippen molar-refractivity contribution >= 4 is 39.1 Å². The molecule has 0 bridgehead atoms. The minimum atomic E-state index is -4.13. The van der Waals surface area contributed by atoms with Gasteiger partial charge in [-0.05, 0) is 59.7 Å². The number of carboxylic acids is 1. The molecule has 3 aromatic carbocycles. The molecule has 0 aliphatic carbocycles. The Morgan fingerprint density at radius 1 is 0.825 bits per heavy atom. The van der Waals surface area contributed by atoms with Gasteiger partial charge in [-0.1, -0.05) is 42.5 Å². The van der Waals surface area contributed by atoms with Crippen molar-refractivity contribution in [1.29, 1.82) is 0 Å². The zero-order valence-electron chi connectivity index (χ0n) is 21.2. The summed E-state index contributed by atoms with van der Waals surface area (Å²) in [7, 11) is -4.13. The summed E-state index contributed by atoms with van der Waals surface area (Å²) in [6.45, 7) is 0.362. The molecule has 4 rings (SSSR count). The molecule has 0 saturated carbocycles. The average Bonchev–Trinajstić information content (AvgIpc) is 2.96. The van der Waals surface area contributed by atoms with Crippen molar-refractivity contribution in [2.24, 2.45) is 0 Å². The maximum Gasteiger partial charge on any atom is 0.319 e. The Kier molecular flexibility index (Phi) is 8.87. The Labute approximate surface area is 231 Å². The van der Waals surface area contributed by atoms with E-state index in [4.69, 9.17) is 0 Å². The topological polar surface area (TPSA) is 155 Å². The molecule has 11 heteroatoms. The van der Waals surface area contributed by atoms with Crippen molar-refractivity contribution in [3.05, 3.63) is 120 Å². The van der Waals surface area contributed by atoms with Gasteiger partial charge in [0.15, 0.2) is 9.84 Å².